The van der Waals surface area contributed by atoms with Crippen molar-refractivity contribution in [3.05, 3.63) is 35.0 Å². The average Bonchev–Trinajstić information content (AvgIpc) is 2.59. The van der Waals surface area contributed by atoms with Crippen molar-refractivity contribution in [3.63, 3.8) is 0 Å². The zero-order valence-electron chi connectivity index (χ0n) is 15.8. The molecule has 2 aliphatic rings. The first-order chi connectivity index (χ1) is 12.4. The average molecular weight is 375 g/mol. The molecule has 0 fully saturated rings. The van der Waals surface area contributed by atoms with Crippen LogP contribution >= 0.6 is 12.2 Å². The second-order valence-corrected chi connectivity index (χ2v) is 7.27. The summed E-state index contributed by atoms with van der Waals surface area (Å²) in [6.45, 7) is 6.46. The molecule has 1 aromatic carbocycles. The van der Waals surface area contributed by atoms with Gasteiger partial charge in [-0.15, -0.1) is 0 Å². The van der Waals surface area contributed by atoms with Crippen LogP contribution in [0.1, 0.15) is 51.6 Å². The number of rotatable bonds is 5. The van der Waals surface area contributed by atoms with Crippen molar-refractivity contribution in [2.45, 2.75) is 52.2 Å². The lowest BCUT2D eigenvalue weighted by atomic mass is 9.85. The molecule has 3 rings (SSSR count). The van der Waals surface area contributed by atoms with Gasteiger partial charge in [0.25, 0.3) is 0 Å². The molecule has 0 aromatic heterocycles. The van der Waals surface area contributed by atoms with E-state index in [1.165, 1.54) is 0 Å². The molecule has 0 saturated heterocycles. The summed E-state index contributed by atoms with van der Waals surface area (Å²) < 4.78 is 11.6. The maximum atomic E-state index is 12.7. The molecule has 1 atom stereocenters. The number of Topliss-reactive ketones (excluding diaryl/α,β-unsaturated/α-hetero) is 1. The largest absolute Gasteiger partial charge is 0.490 e. The Bertz CT molecular complexity index is 757. The van der Waals surface area contributed by atoms with Gasteiger partial charge in [-0.1, -0.05) is 6.07 Å². The molecule has 1 unspecified atom stereocenters. The fourth-order valence-corrected chi connectivity index (χ4v) is 3.74. The fourth-order valence-electron chi connectivity index (χ4n) is 3.51. The molecule has 0 amide bonds. The Morgan fingerprint density at radius 1 is 1.31 bits per heavy atom. The van der Waals surface area contributed by atoms with Crippen molar-refractivity contribution in [2.75, 3.05) is 13.7 Å². The van der Waals surface area contributed by atoms with Gasteiger partial charge in [0.2, 0.25) is 0 Å². The summed E-state index contributed by atoms with van der Waals surface area (Å²) in [5.41, 5.74) is 2.82. The van der Waals surface area contributed by atoms with Crippen molar-refractivity contribution < 1.29 is 14.3 Å². The number of allylic oxidation sites excluding steroid dienone is 1. The van der Waals surface area contributed by atoms with E-state index in [0.29, 0.717) is 29.6 Å². The molecule has 0 bridgehead atoms. The molecule has 1 aromatic rings. The van der Waals surface area contributed by atoms with Crippen molar-refractivity contribution in [2.24, 2.45) is 0 Å². The number of ether oxygens (including phenoxy) is 2. The highest BCUT2D eigenvalue weighted by Gasteiger charge is 2.36. The molecule has 0 radical (unpaired) electrons. The predicted molar refractivity (Wildman–Crippen MR) is 105 cm³/mol. The highest BCUT2D eigenvalue weighted by atomic mass is 32.1. The highest BCUT2D eigenvalue weighted by molar-refractivity contribution is 7.80. The van der Waals surface area contributed by atoms with Crippen LogP contribution in [-0.2, 0) is 4.79 Å². The third kappa shape index (κ3) is 3.56. The summed E-state index contributed by atoms with van der Waals surface area (Å²) in [4.78, 5) is 14.6. The number of nitrogens with zero attached hydrogens (tertiary/aromatic N) is 1. The van der Waals surface area contributed by atoms with Gasteiger partial charge in [0, 0.05) is 24.7 Å². The zero-order valence-corrected chi connectivity index (χ0v) is 16.6. The second kappa shape index (κ2) is 7.66. The van der Waals surface area contributed by atoms with Gasteiger partial charge in [-0.2, -0.15) is 0 Å². The van der Waals surface area contributed by atoms with Gasteiger partial charge in [0.1, 0.15) is 0 Å². The van der Waals surface area contributed by atoms with Crippen molar-refractivity contribution in [1.29, 1.82) is 0 Å². The molecule has 5 nitrogen and oxygen atoms in total. The quantitative estimate of drug-likeness (QED) is 0.793. The van der Waals surface area contributed by atoms with Crippen LogP contribution in [0.5, 0.6) is 11.5 Å². The number of ketones is 1. The maximum absolute atomic E-state index is 12.7. The summed E-state index contributed by atoms with van der Waals surface area (Å²) >= 11 is 5.49. The van der Waals surface area contributed by atoms with Gasteiger partial charge in [-0.05, 0) is 63.5 Å². The van der Waals surface area contributed by atoms with Crippen molar-refractivity contribution >= 4 is 23.1 Å². The minimum atomic E-state index is -0.242. The molecule has 1 aliphatic heterocycles. The number of hydrogen-bond donors (Lipinski definition) is 1. The third-order valence-corrected chi connectivity index (χ3v) is 5.05. The number of hydrogen-bond acceptors (Lipinski definition) is 4. The van der Waals surface area contributed by atoms with Gasteiger partial charge in [0.15, 0.2) is 22.4 Å². The topological polar surface area (TPSA) is 50.8 Å². The summed E-state index contributed by atoms with van der Waals surface area (Å²) in [6, 6.07) is 5.61. The third-order valence-electron chi connectivity index (χ3n) is 4.66. The van der Waals surface area contributed by atoms with E-state index in [9.17, 15) is 4.79 Å². The van der Waals surface area contributed by atoms with E-state index in [4.69, 9.17) is 21.7 Å². The van der Waals surface area contributed by atoms with E-state index in [-0.39, 0.29) is 17.9 Å². The molecule has 0 spiro atoms. The standard InChI is InChI=1S/C20H26N2O3S/c1-5-24-17-11-13(9-10-16(17)25-12(2)3)19-18-14(7-6-8-15(18)23)22(4)20(26)21-19/h9-12,19H,5-8H2,1-4H3,(H,21,26). The van der Waals surface area contributed by atoms with E-state index < -0.39 is 0 Å². The molecule has 1 N–H and O–H groups in total. The predicted octanol–water partition coefficient (Wildman–Crippen LogP) is 3.74. The molecule has 140 valence electrons. The Balaban J connectivity index is 2.04. The van der Waals surface area contributed by atoms with Crippen LogP contribution in [0.4, 0.5) is 0 Å². The van der Waals surface area contributed by atoms with E-state index >= 15 is 0 Å². The molecule has 6 heteroatoms. The summed E-state index contributed by atoms with van der Waals surface area (Å²) in [5, 5.41) is 3.97. The summed E-state index contributed by atoms with van der Waals surface area (Å²) in [6.07, 6.45) is 2.40. The first-order valence-corrected chi connectivity index (χ1v) is 9.57. The lowest BCUT2D eigenvalue weighted by Crippen LogP contribution is -2.47. The first kappa shape index (κ1) is 18.7. The summed E-state index contributed by atoms with van der Waals surface area (Å²) in [5.74, 6) is 1.60. The Morgan fingerprint density at radius 3 is 2.77 bits per heavy atom. The van der Waals surface area contributed by atoms with Gasteiger partial charge < -0.3 is 19.7 Å². The zero-order chi connectivity index (χ0) is 18.8. The molecular formula is C20H26N2O3S. The molecule has 26 heavy (non-hydrogen) atoms. The lowest BCUT2D eigenvalue weighted by Gasteiger charge is -2.39. The lowest BCUT2D eigenvalue weighted by molar-refractivity contribution is -0.116. The first-order valence-electron chi connectivity index (χ1n) is 9.16. The Hall–Kier alpha value is -2.08. The minimum Gasteiger partial charge on any atom is -0.490 e. The maximum Gasteiger partial charge on any atom is 0.173 e. The van der Waals surface area contributed by atoms with Crippen LogP contribution < -0.4 is 14.8 Å². The van der Waals surface area contributed by atoms with Gasteiger partial charge >= 0.3 is 0 Å². The Labute approximate surface area is 160 Å². The monoisotopic (exact) mass is 374 g/mol. The number of benzene rings is 1. The van der Waals surface area contributed by atoms with E-state index in [2.05, 4.69) is 5.32 Å². The summed E-state index contributed by atoms with van der Waals surface area (Å²) in [7, 11) is 1.92. The molecular weight excluding hydrogens is 348 g/mol. The Morgan fingerprint density at radius 2 is 2.08 bits per heavy atom. The van der Waals surface area contributed by atoms with Crippen LogP contribution in [-0.4, -0.2) is 35.6 Å². The van der Waals surface area contributed by atoms with E-state index in [1.54, 1.807) is 0 Å². The van der Waals surface area contributed by atoms with Crippen LogP contribution in [0.15, 0.2) is 29.5 Å². The number of nitrogens with one attached hydrogen (secondary N) is 1. The van der Waals surface area contributed by atoms with Crippen molar-refractivity contribution in [3.8, 4) is 11.5 Å². The van der Waals surface area contributed by atoms with Crippen molar-refractivity contribution in [1.82, 2.24) is 10.2 Å². The van der Waals surface area contributed by atoms with Gasteiger partial charge in [0.05, 0.1) is 18.8 Å². The van der Waals surface area contributed by atoms with Crippen LogP contribution in [0.2, 0.25) is 0 Å². The van der Waals surface area contributed by atoms with Crippen LogP contribution in [0, 0.1) is 0 Å². The molecule has 0 saturated carbocycles. The molecule has 1 heterocycles. The van der Waals surface area contributed by atoms with E-state index in [0.717, 1.165) is 29.7 Å². The fraction of sp³-hybridized carbons (Fsp3) is 0.500. The normalized spacial score (nSPS) is 20.2. The highest BCUT2D eigenvalue weighted by Crippen LogP contribution is 2.39. The van der Waals surface area contributed by atoms with Gasteiger partial charge in [-0.3, -0.25) is 4.79 Å². The number of carbonyl (C=O) groups excluding carboxylic acids is 1. The minimum absolute atomic E-state index is 0.0586. The molecule has 1 aliphatic carbocycles. The van der Waals surface area contributed by atoms with Crippen LogP contribution in [0.3, 0.4) is 0 Å². The van der Waals surface area contributed by atoms with Gasteiger partial charge in [-0.25, -0.2) is 0 Å². The Kier molecular flexibility index (Phi) is 5.51. The SMILES string of the molecule is CCOc1cc(C2NC(=S)N(C)C3=C2C(=O)CCC3)ccc1OC(C)C. The van der Waals surface area contributed by atoms with Crippen LogP contribution in [0.25, 0.3) is 0 Å². The number of carbonyl (C=O) groups is 1. The van der Waals surface area contributed by atoms with E-state index in [1.807, 2.05) is 50.9 Å². The smallest absolute Gasteiger partial charge is 0.173 e. The second-order valence-electron chi connectivity index (χ2n) is 6.88. The number of thiocarbonyl (C=S) groups is 1.